The molecule has 0 aromatic carbocycles. The number of nitrogens with one attached hydrogen (secondary N) is 1. The fourth-order valence-corrected chi connectivity index (χ4v) is 3.46. The van der Waals surface area contributed by atoms with Crippen LogP contribution in [0.4, 0.5) is 0 Å². The van der Waals surface area contributed by atoms with Gasteiger partial charge in [0, 0.05) is 6.61 Å². The van der Waals surface area contributed by atoms with Gasteiger partial charge in [-0.25, -0.2) is 0 Å². The van der Waals surface area contributed by atoms with Crippen LogP contribution in [0, 0.1) is 23.2 Å². The number of ether oxygens (including phenoxy) is 1. The highest BCUT2D eigenvalue weighted by Gasteiger charge is 2.39. The molecule has 0 radical (unpaired) electrons. The van der Waals surface area contributed by atoms with Crippen LogP contribution in [0.5, 0.6) is 0 Å². The van der Waals surface area contributed by atoms with Gasteiger partial charge in [-0.05, 0) is 42.9 Å². The minimum Gasteiger partial charge on any atom is -0.376 e. The molecule has 0 saturated heterocycles. The van der Waals surface area contributed by atoms with Crippen molar-refractivity contribution in [1.82, 2.24) is 5.43 Å². The molecule has 0 amide bonds. The smallest absolute Gasteiger partial charge is 0.0792 e. The summed E-state index contributed by atoms with van der Waals surface area (Å²) in [5.74, 6) is 8.14. The van der Waals surface area contributed by atoms with Gasteiger partial charge in [0.25, 0.3) is 0 Å². The van der Waals surface area contributed by atoms with Gasteiger partial charge in [0.15, 0.2) is 0 Å². The molecule has 0 aromatic rings. The van der Waals surface area contributed by atoms with Gasteiger partial charge in [-0.15, -0.1) is 0 Å². The Morgan fingerprint density at radius 2 is 1.84 bits per heavy atom. The van der Waals surface area contributed by atoms with Crippen LogP contribution >= 0.6 is 0 Å². The zero-order valence-corrected chi connectivity index (χ0v) is 13.7. The number of hydrogen-bond acceptors (Lipinski definition) is 3. The summed E-state index contributed by atoms with van der Waals surface area (Å²) in [5.41, 5.74) is 3.18. The minimum atomic E-state index is 0.110. The van der Waals surface area contributed by atoms with Crippen molar-refractivity contribution >= 4 is 0 Å². The van der Waals surface area contributed by atoms with Crippen molar-refractivity contribution in [3.8, 4) is 0 Å². The van der Waals surface area contributed by atoms with E-state index in [0.717, 1.165) is 18.4 Å². The lowest BCUT2D eigenvalue weighted by Crippen LogP contribution is -2.55. The molecule has 3 N–H and O–H groups in total. The fraction of sp³-hybridized carbons (Fsp3) is 1.00. The van der Waals surface area contributed by atoms with Crippen molar-refractivity contribution in [3.05, 3.63) is 0 Å². The Labute approximate surface area is 119 Å². The van der Waals surface area contributed by atoms with Crippen molar-refractivity contribution in [2.75, 3.05) is 6.61 Å². The number of hydrazine groups is 1. The van der Waals surface area contributed by atoms with Crippen LogP contribution in [0.25, 0.3) is 0 Å². The Morgan fingerprint density at radius 3 is 2.26 bits per heavy atom. The summed E-state index contributed by atoms with van der Waals surface area (Å²) in [5, 5.41) is 0. The predicted octanol–water partition coefficient (Wildman–Crippen LogP) is 3.34. The van der Waals surface area contributed by atoms with E-state index in [1.807, 2.05) is 0 Å². The molecular weight excluding hydrogens is 236 g/mol. The molecule has 0 spiro atoms. The zero-order valence-electron chi connectivity index (χ0n) is 13.7. The van der Waals surface area contributed by atoms with Crippen LogP contribution in [0.1, 0.15) is 60.8 Å². The first-order valence-corrected chi connectivity index (χ1v) is 7.89. The molecule has 0 aliphatic heterocycles. The highest BCUT2D eigenvalue weighted by atomic mass is 16.5. The van der Waals surface area contributed by atoms with E-state index in [-0.39, 0.29) is 17.6 Å². The summed E-state index contributed by atoms with van der Waals surface area (Å²) in [4.78, 5) is 0. The number of rotatable bonds is 5. The SMILES string of the molecule is CCOC(C(NN)C1CCC(C)C(C)C1)C(C)(C)C. The molecule has 5 unspecified atom stereocenters. The second-order valence-corrected chi connectivity index (χ2v) is 7.46. The van der Waals surface area contributed by atoms with Crippen molar-refractivity contribution < 1.29 is 4.74 Å². The molecule has 1 aliphatic rings. The molecular formula is C16H34N2O. The van der Waals surface area contributed by atoms with Gasteiger partial charge in [-0.3, -0.25) is 11.3 Å². The standard InChI is InChI=1S/C16H34N2O/c1-7-19-15(16(4,5)6)14(18-17)13-9-8-11(2)12(3)10-13/h11-15,18H,7-10,17H2,1-6H3. The molecule has 3 heteroatoms. The van der Waals surface area contributed by atoms with E-state index in [1.54, 1.807) is 0 Å². The first kappa shape index (κ1) is 16.9. The highest BCUT2D eigenvalue weighted by Crippen LogP contribution is 2.38. The molecule has 3 nitrogen and oxygen atoms in total. The lowest BCUT2D eigenvalue weighted by molar-refractivity contribution is -0.0567. The lowest BCUT2D eigenvalue weighted by Gasteiger charge is -2.43. The average Bonchev–Trinajstić information content (AvgIpc) is 2.32. The first-order chi connectivity index (χ1) is 8.81. The molecule has 0 bridgehead atoms. The van der Waals surface area contributed by atoms with E-state index >= 15 is 0 Å². The lowest BCUT2D eigenvalue weighted by atomic mass is 9.69. The maximum atomic E-state index is 6.03. The minimum absolute atomic E-state index is 0.110. The molecule has 1 saturated carbocycles. The number of hydrogen-bond donors (Lipinski definition) is 2. The van der Waals surface area contributed by atoms with Gasteiger partial charge in [0.1, 0.15) is 0 Å². The van der Waals surface area contributed by atoms with Crippen LogP contribution in [0.15, 0.2) is 0 Å². The molecule has 0 heterocycles. The van der Waals surface area contributed by atoms with Crippen molar-refractivity contribution in [3.63, 3.8) is 0 Å². The maximum absolute atomic E-state index is 6.03. The molecule has 19 heavy (non-hydrogen) atoms. The summed E-state index contributed by atoms with van der Waals surface area (Å²) in [6.07, 6.45) is 4.01. The van der Waals surface area contributed by atoms with Gasteiger partial charge in [0.05, 0.1) is 12.1 Å². The maximum Gasteiger partial charge on any atom is 0.0792 e. The predicted molar refractivity (Wildman–Crippen MR) is 81.6 cm³/mol. The largest absolute Gasteiger partial charge is 0.376 e. The molecule has 1 fully saturated rings. The Hall–Kier alpha value is -0.120. The van der Waals surface area contributed by atoms with Crippen LogP contribution in [0.2, 0.25) is 0 Å². The van der Waals surface area contributed by atoms with Crippen molar-refractivity contribution in [2.45, 2.75) is 73.0 Å². The van der Waals surface area contributed by atoms with Gasteiger partial charge in [-0.2, -0.15) is 0 Å². The monoisotopic (exact) mass is 270 g/mol. The summed E-state index contributed by atoms with van der Waals surface area (Å²) in [6.45, 7) is 14.3. The third-order valence-corrected chi connectivity index (χ3v) is 4.87. The molecule has 1 aliphatic carbocycles. The van der Waals surface area contributed by atoms with E-state index in [1.165, 1.54) is 19.3 Å². The normalized spacial score (nSPS) is 32.1. The molecule has 1 rings (SSSR count). The topological polar surface area (TPSA) is 47.3 Å². The zero-order chi connectivity index (χ0) is 14.6. The second kappa shape index (κ2) is 7.05. The summed E-state index contributed by atoms with van der Waals surface area (Å²) in [7, 11) is 0. The van der Waals surface area contributed by atoms with Crippen molar-refractivity contribution in [1.29, 1.82) is 0 Å². The molecule has 0 aromatic heterocycles. The van der Waals surface area contributed by atoms with Gasteiger partial charge in [-0.1, -0.05) is 41.0 Å². The second-order valence-electron chi connectivity index (χ2n) is 7.46. The molecule has 5 atom stereocenters. The Kier molecular flexibility index (Phi) is 6.28. The summed E-state index contributed by atoms with van der Waals surface area (Å²) < 4.78 is 6.03. The van der Waals surface area contributed by atoms with Crippen LogP contribution in [-0.2, 0) is 4.74 Å². The van der Waals surface area contributed by atoms with E-state index in [2.05, 4.69) is 47.0 Å². The van der Waals surface area contributed by atoms with E-state index in [0.29, 0.717) is 5.92 Å². The van der Waals surface area contributed by atoms with Gasteiger partial charge < -0.3 is 4.74 Å². The fourth-order valence-electron chi connectivity index (χ4n) is 3.46. The van der Waals surface area contributed by atoms with E-state index in [9.17, 15) is 0 Å². The highest BCUT2D eigenvalue weighted by molar-refractivity contribution is 4.92. The summed E-state index contributed by atoms with van der Waals surface area (Å²) in [6, 6.07) is 0.259. The van der Waals surface area contributed by atoms with Crippen LogP contribution in [0.3, 0.4) is 0 Å². The Bertz CT molecular complexity index is 262. The Morgan fingerprint density at radius 1 is 1.21 bits per heavy atom. The van der Waals surface area contributed by atoms with E-state index < -0.39 is 0 Å². The quantitative estimate of drug-likeness (QED) is 0.595. The number of nitrogens with two attached hydrogens (primary N) is 1. The third-order valence-electron chi connectivity index (χ3n) is 4.87. The Balaban J connectivity index is 2.79. The first-order valence-electron chi connectivity index (χ1n) is 7.89. The summed E-state index contributed by atoms with van der Waals surface area (Å²) >= 11 is 0. The molecule has 114 valence electrons. The van der Waals surface area contributed by atoms with Crippen LogP contribution < -0.4 is 11.3 Å². The van der Waals surface area contributed by atoms with E-state index in [4.69, 9.17) is 10.6 Å². The van der Waals surface area contributed by atoms with Crippen LogP contribution in [-0.4, -0.2) is 18.8 Å². The van der Waals surface area contributed by atoms with Crippen molar-refractivity contribution in [2.24, 2.45) is 29.0 Å². The van der Waals surface area contributed by atoms with Gasteiger partial charge >= 0.3 is 0 Å². The van der Waals surface area contributed by atoms with Gasteiger partial charge in [0.2, 0.25) is 0 Å². The third kappa shape index (κ3) is 4.44. The average molecular weight is 270 g/mol.